The second-order valence-electron chi connectivity index (χ2n) is 5.79. The Balaban J connectivity index is 2.13. The summed E-state index contributed by atoms with van der Waals surface area (Å²) in [6.07, 6.45) is 4.08. The zero-order valence-electron chi connectivity index (χ0n) is 15.1. The maximum atomic E-state index is 12.3. The summed E-state index contributed by atoms with van der Waals surface area (Å²) in [5.74, 6) is -0.428. The van der Waals surface area contributed by atoms with Crippen molar-refractivity contribution in [2.45, 2.75) is 20.3 Å². The van der Waals surface area contributed by atoms with E-state index in [1.165, 1.54) is 6.20 Å². The molecule has 6 nitrogen and oxygen atoms in total. The Kier molecular flexibility index (Phi) is 5.53. The van der Waals surface area contributed by atoms with E-state index in [1.807, 2.05) is 18.2 Å². The summed E-state index contributed by atoms with van der Waals surface area (Å²) in [6, 6.07) is 12.6. The third-order valence-electron chi connectivity index (χ3n) is 3.99. The maximum Gasteiger partial charge on any atom is 0.338 e. The van der Waals surface area contributed by atoms with Crippen LogP contribution in [0.4, 0.5) is 0 Å². The van der Waals surface area contributed by atoms with Crippen LogP contribution in [0.1, 0.15) is 35.3 Å². The highest BCUT2D eigenvalue weighted by molar-refractivity contribution is 5.92. The second-order valence-corrected chi connectivity index (χ2v) is 5.79. The summed E-state index contributed by atoms with van der Waals surface area (Å²) in [4.78, 5) is 25.6. The molecule has 0 amide bonds. The minimum atomic E-state index is -0.428. The van der Waals surface area contributed by atoms with Crippen LogP contribution in [0.2, 0.25) is 0 Å². The molecule has 3 aromatic heterocycles. The van der Waals surface area contributed by atoms with Gasteiger partial charge >= 0.3 is 5.97 Å². The molecular weight excluding hydrogens is 340 g/mol. The molecule has 3 aromatic rings. The molecule has 0 fully saturated rings. The van der Waals surface area contributed by atoms with Gasteiger partial charge in [-0.15, -0.1) is 0 Å². The number of hydrogen-bond donors (Lipinski definition) is 0. The van der Waals surface area contributed by atoms with E-state index in [1.54, 1.807) is 37.4 Å². The smallest absolute Gasteiger partial charge is 0.338 e. The highest BCUT2D eigenvalue weighted by Gasteiger charge is 2.14. The number of carbonyl (C=O) groups excluding carboxylic acids is 1. The fourth-order valence-electron chi connectivity index (χ4n) is 2.57. The number of nitrogens with zero attached hydrogens (tertiary/aromatic N) is 4. The molecule has 0 spiro atoms. The number of ether oxygens (including phenoxy) is 1. The molecule has 0 unspecified atom stereocenters. The molecule has 134 valence electrons. The first-order valence-electron chi connectivity index (χ1n) is 8.65. The van der Waals surface area contributed by atoms with Gasteiger partial charge in [0.25, 0.3) is 0 Å². The number of aromatic nitrogens is 3. The van der Waals surface area contributed by atoms with Crippen LogP contribution < -0.4 is 0 Å². The number of nitriles is 1. The van der Waals surface area contributed by atoms with Crippen LogP contribution in [0, 0.1) is 11.3 Å². The van der Waals surface area contributed by atoms with E-state index in [9.17, 15) is 4.79 Å². The van der Waals surface area contributed by atoms with Crippen LogP contribution in [0.5, 0.6) is 0 Å². The van der Waals surface area contributed by atoms with Crippen molar-refractivity contribution in [3.8, 4) is 28.8 Å². The minimum Gasteiger partial charge on any atom is -0.462 e. The fraction of sp³-hybridized carbons (Fsp3) is 0.190. The van der Waals surface area contributed by atoms with Gasteiger partial charge in [-0.05, 0) is 55.3 Å². The summed E-state index contributed by atoms with van der Waals surface area (Å²) in [5, 5.41) is 8.94. The lowest BCUT2D eigenvalue weighted by atomic mass is 10.1. The molecule has 3 heterocycles. The summed E-state index contributed by atoms with van der Waals surface area (Å²) in [5.41, 5.74) is 4.29. The van der Waals surface area contributed by atoms with Crippen LogP contribution in [0.3, 0.4) is 0 Å². The first-order valence-corrected chi connectivity index (χ1v) is 8.65. The molecule has 27 heavy (non-hydrogen) atoms. The van der Waals surface area contributed by atoms with Crippen LogP contribution in [0.25, 0.3) is 22.8 Å². The Labute approximate surface area is 157 Å². The van der Waals surface area contributed by atoms with Crippen molar-refractivity contribution in [3.05, 3.63) is 65.5 Å². The number of pyridine rings is 3. The van der Waals surface area contributed by atoms with E-state index in [0.29, 0.717) is 33.9 Å². The fourth-order valence-corrected chi connectivity index (χ4v) is 2.57. The number of aryl methyl sites for hydroxylation is 1. The van der Waals surface area contributed by atoms with Crippen molar-refractivity contribution in [1.29, 1.82) is 5.26 Å². The van der Waals surface area contributed by atoms with E-state index >= 15 is 0 Å². The van der Waals surface area contributed by atoms with E-state index in [4.69, 9.17) is 10.00 Å². The van der Waals surface area contributed by atoms with Crippen molar-refractivity contribution in [3.63, 3.8) is 0 Å². The van der Waals surface area contributed by atoms with Gasteiger partial charge in [0, 0.05) is 12.4 Å². The molecule has 0 saturated carbocycles. The lowest BCUT2D eigenvalue weighted by Gasteiger charge is -2.09. The van der Waals surface area contributed by atoms with Crippen molar-refractivity contribution >= 4 is 5.97 Å². The molecule has 0 atom stereocenters. The van der Waals surface area contributed by atoms with E-state index in [2.05, 4.69) is 21.9 Å². The Morgan fingerprint density at radius 1 is 1.04 bits per heavy atom. The Hall–Kier alpha value is -3.59. The van der Waals surface area contributed by atoms with Gasteiger partial charge in [0.15, 0.2) is 0 Å². The van der Waals surface area contributed by atoms with Gasteiger partial charge in [-0.1, -0.05) is 6.92 Å². The van der Waals surface area contributed by atoms with Gasteiger partial charge in [0.05, 0.1) is 40.5 Å². The lowest BCUT2D eigenvalue weighted by molar-refractivity contribution is 0.0526. The monoisotopic (exact) mass is 358 g/mol. The molecule has 0 N–H and O–H groups in total. The normalized spacial score (nSPS) is 10.3. The molecule has 0 radical (unpaired) electrons. The summed E-state index contributed by atoms with van der Waals surface area (Å²) < 4.78 is 5.14. The largest absolute Gasteiger partial charge is 0.462 e. The second kappa shape index (κ2) is 8.19. The topological polar surface area (TPSA) is 88.8 Å². The SMILES string of the molecule is CCOC(=O)c1cc(-c2ccc(C#N)cn2)nc(-c2cc(CC)ccn2)c1. The predicted octanol–water partition coefficient (Wildman–Crippen LogP) is 3.82. The summed E-state index contributed by atoms with van der Waals surface area (Å²) >= 11 is 0. The molecule has 6 heteroatoms. The molecular formula is C21H18N4O2. The number of rotatable bonds is 5. The Morgan fingerprint density at radius 2 is 1.81 bits per heavy atom. The van der Waals surface area contributed by atoms with Crippen molar-refractivity contribution in [2.24, 2.45) is 0 Å². The zero-order valence-corrected chi connectivity index (χ0v) is 15.1. The van der Waals surface area contributed by atoms with Gasteiger partial charge < -0.3 is 4.74 Å². The average molecular weight is 358 g/mol. The Bertz CT molecular complexity index is 1010. The maximum absolute atomic E-state index is 12.3. The standard InChI is InChI=1S/C21H18N4O2/c1-3-14-7-8-23-18(9-14)20-11-16(21(26)27-4-2)10-19(25-20)17-6-5-15(12-22)13-24-17/h5-11,13H,3-4H2,1-2H3. The highest BCUT2D eigenvalue weighted by atomic mass is 16.5. The molecule has 0 bridgehead atoms. The lowest BCUT2D eigenvalue weighted by Crippen LogP contribution is -2.06. The molecule has 0 aliphatic heterocycles. The van der Waals surface area contributed by atoms with Crippen molar-refractivity contribution in [2.75, 3.05) is 6.61 Å². The minimum absolute atomic E-state index is 0.282. The number of hydrogen-bond acceptors (Lipinski definition) is 6. The van der Waals surface area contributed by atoms with E-state index in [0.717, 1.165) is 12.0 Å². The first kappa shape index (κ1) is 18.2. The van der Waals surface area contributed by atoms with Crippen LogP contribution in [0.15, 0.2) is 48.8 Å². The van der Waals surface area contributed by atoms with Crippen molar-refractivity contribution < 1.29 is 9.53 Å². The zero-order chi connectivity index (χ0) is 19.2. The Morgan fingerprint density at radius 3 is 2.44 bits per heavy atom. The molecule has 0 aliphatic rings. The first-order chi connectivity index (χ1) is 13.1. The predicted molar refractivity (Wildman–Crippen MR) is 101 cm³/mol. The quantitative estimate of drug-likeness (QED) is 0.644. The van der Waals surface area contributed by atoms with Crippen LogP contribution in [-0.4, -0.2) is 27.5 Å². The molecule has 0 saturated heterocycles. The van der Waals surface area contributed by atoms with Gasteiger partial charge in [0.1, 0.15) is 6.07 Å². The van der Waals surface area contributed by atoms with Crippen LogP contribution in [-0.2, 0) is 11.2 Å². The van der Waals surface area contributed by atoms with Gasteiger partial charge in [-0.3, -0.25) is 9.97 Å². The number of carbonyl (C=O) groups is 1. The van der Waals surface area contributed by atoms with E-state index < -0.39 is 5.97 Å². The molecule has 3 rings (SSSR count). The summed E-state index contributed by atoms with van der Waals surface area (Å²) in [6.45, 7) is 4.10. The van der Waals surface area contributed by atoms with Gasteiger partial charge in [0.2, 0.25) is 0 Å². The average Bonchev–Trinajstić information content (AvgIpc) is 2.73. The molecule has 0 aliphatic carbocycles. The third kappa shape index (κ3) is 4.15. The summed E-state index contributed by atoms with van der Waals surface area (Å²) in [7, 11) is 0. The van der Waals surface area contributed by atoms with E-state index in [-0.39, 0.29) is 6.61 Å². The van der Waals surface area contributed by atoms with Gasteiger partial charge in [-0.25, -0.2) is 9.78 Å². The van der Waals surface area contributed by atoms with Crippen molar-refractivity contribution in [1.82, 2.24) is 15.0 Å². The number of esters is 1. The molecule has 0 aromatic carbocycles. The highest BCUT2D eigenvalue weighted by Crippen LogP contribution is 2.24. The van der Waals surface area contributed by atoms with Crippen LogP contribution >= 0.6 is 0 Å². The third-order valence-corrected chi connectivity index (χ3v) is 3.99. The van der Waals surface area contributed by atoms with Gasteiger partial charge in [-0.2, -0.15) is 5.26 Å².